The standard InChI is InChI=1S/C15H23NO/c1-5-6-16-14-9-12(4)17-15-8-11(3)10(2)7-13(14)15/h7-8,12,14,16H,5-6,9H2,1-4H3. The molecule has 1 aromatic carbocycles. The van der Waals surface area contributed by atoms with Gasteiger partial charge in [-0.05, 0) is 50.9 Å². The molecule has 94 valence electrons. The summed E-state index contributed by atoms with van der Waals surface area (Å²) < 4.78 is 5.94. The number of hydrogen-bond donors (Lipinski definition) is 1. The van der Waals surface area contributed by atoms with E-state index < -0.39 is 0 Å². The molecule has 0 aromatic heterocycles. The van der Waals surface area contributed by atoms with Crippen molar-refractivity contribution in [3.8, 4) is 5.75 Å². The van der Waals surface area contributed by atoms with Gasteiger partial charge in [0.05, 0.1) is 6.10 Å². The van der Waals surface area contributed by atoms with Gasteiger partial charge in [-0.2, -0.15) is 0 Å². The highest BCUT2D eigenvalue weighted by atomic mass is 16.5. The Hall–Kier alpha value is -1.02. The van der Waals surface area contributed by atoms with Crippen LogP contribution in [0.4, 0.5) is 0 Å². The SMILES string of the molecule is CCCNC1CC(C)Oc2cc(C)c(C)cc21. The molecule has 1 heterocycles. The molecule has 0 aliphatic carbocycles. The Morgan fingerprint density at radius 1 is 1.29 bits per heavy atom. The lowest BCUT2D eigenvalue weighted by Crippen LogP contribution is -2.32. The molecule has 0 fully saturated rings. The summed E-state index contributed by atoms with van der Waals surface area (Å²) in [6.45, 7) is 9.75. The van der Waals surface area contributed by atoms with Gasteiger partial charge < -0.3 is 10.1 Å². The largest absolute Gasteiger partial charge is 0.490 e. The van der Waals surface area contributed by atoms with Crippen molar-refractivity contribution in [1.82, 2.24) is 5.32 Å². The van der Waals surface area contributed by atoms with Crippen molar-refractivity contribution in [2.45, 2.75) is 52.7 Å². The van der Waals surface area contributed by atoms with Crippen molar-refractivity contribution in [3.05, 3.63) is 28.8 Å². The summed E-state index contributed by atoms with van der Waals surface area (Å²) in [5, 5.41) is 3.62. The molecule has 0 bridgehead atoms. The second-order valence-electron chi connectivity index (χ2n) is 5.15. The van der Waals surface area contributed by atoms with Gasteiger partial charge in [0, 0.05) is 18.0 Å². The third kappa shape index (κ3) is 2.63. The number of hydrogen-bond acceptors (Lipinski definition) is 2. The van der Waals surface area contributed by atoms with Gasteiger partial charge in [0.25, 0.3) is 0 Å². The molecule has 1 aliphatic heterocycles. The second-order valence-corrected chi connectivity index (χ2v) is 5.15. The molecule has 1 aliphatic rings. The van der Waals surface area contributed by atoms with Crippen LogP contribution >= 0.6 is 0 Å². The van der Waals surface area contributed by atoms with E-state index in [0.29, 0.717) is 12.1 Å². The van der Waals surface area contributed by atoms with Gasteiger partial charge in [0.15, 0.2) is 0 Å². The summed E-state index contributed by atoms with van der Waals surface area (Å²) in [6.07, 6.45) is 2.54. The van der Waals surface area contributed by atoms with Gasteiger partial charge in [0.2, 0.25) is 0 Å². The molecule has 2 atom stereocenters. The fourth-order valence-electron chi connectivity index (χ4n) is 2.42. The lowest BCUT2D eigenvalue weighted by Gasteiger charge is -2.32. The molecular weight excluding hydrogens is 210 g/mol. The molecule has 2 nitrogen and oxygen atoms in total. The van der Waals surface area contributed by atoms with E-state index in [2.05, 4.69) is 45.1 Å². The van der Waals surface area contributed by atoms with Crippen LogP contribution in [0.5, 0.6) is 5.75 Å². The number of fused-ring (bicyclic) bond motifs is 1. The number of nitrogens with one attached hydrogen (secondary N) is 1. The normalized spacial score (nSPS) is 23.1. The number of rotatable bonds is 3. The van der Waals surface area contributed by atoms with Crippen LogP contribution in [0.2, 0.25) is 0 Å². The van der Waals surface area contributed by atoms with E-state index >= 15 is 0 Å². The van der Waals surface area contributed by atoms with Crippen LogP contribution in [0.1, 0.15) is 49.4 Å². The van der Waals surface area contributed by atoms with Crippen LogP contribution in [0.15, 0.2) is 12.1 Å². The third-order valence-electron chi connectivity index (χ3n) is 3.54. The maximum absolute atomic E-state index is 5.94. The van der Waals surface area contributed by atoms with Crippen LogP contribution in [0.25, 0.3) is 0 Å². The lowest BCUT2D eigenvalue weighted by molar-refractivity contribution is 0.166. The zero-order valence-electron chi connectivity index (χ0n) is 11.3. The van der Waals surface area contributed by atoms with Crippen LogP contribution in [0.3, 0.4) is 0 Å². The minimum absolute atomic E-state index is 0.305. The van der Waals surface area contributed by atoms with Gasteiger partial charge in [-0.1, -0.05) is 13.0 Å². The number of benzene rings is 1. The Bertz CT molecular complexity index is 400. The Labute approximate surface area is 104 Å². The van der Waals surface area contributed by atoms with Gasteiger partial charge in [-0.25, -0.2) is 0 Å². The molecule has 2 heteroatoms. The summed E-state index contributed by atoms with van der Waals surface area (Å²) in [7, 11) is 0. The first-order valence-corrected chi connectivity index (χ1v) is 6.63. The Morgan fingerprint density at radius 2 is 2.00 bits per heavy atom. The fraction of sp³-hybridized carbons (Fsp3) is 0.600. The van der Waals surface area contributed by atoms with Gasteiger partial charge in [0.1, 0.15) is 5.75 Å². The smallest absolute Gasteiger partial charge is 0.124 e. The molecule has 0 amide bonds. The van der Waals surface area contributed by atoms with Crippen molar-refractivity contribution in [2.75, 3.05) is 6.54 Å². The molecule has 2 unspecified atom stereocenters. The van der Waals surface area contributed by atoms with Crippen LogP contribution < -0.4 is 10.1 Å². The maximum Gasteiger partial charge on any atom is 0.124 e. The average molecular weight is 233 g/mol. The Morgan fingerprint density at radius 3 is 2.71 bits per heavy atom. The van der Waals surface area contributed by atoms with Crippen molar-refractivity contribution >= 4 is 0 Å². The minimum atomic E-state index is 0.305. The Balaban J connectivity index is 2.31. The highest BCUT2D eigenvalue weighted by molar-refractivity contribution is 5.44. The molecule has 0 spiro atoms. The van der Waals surface area contributed by atoms with Crippen molar-refractivity contribution in [1.29, 1.82) is 0 Å². The topological polar surface area (TPSA) is 21.3 Å². The van der Waals surface area contributed by atoms with E-state index in [1.807, 2.05) is 0 Å². The molecular formula is C15H23NO. The second kappa shape index (κ2) is 5.09. The first-order valence-electron chi connectivity index (χ1n) is 6.63. The first kappa shape index (κ1) is 12.4. The predicted molar refractivity (Wildman–Crippen MR) is 71.7 cm³/mol. The zero-order chi connectivity index (χ0) is 12.4. The van der Waals surface area contributed by atoms with E-state index in [1.165, 1.54) is 23.1 Å². The molecule has 1 aromatic rings. The van der Waals surface area contributed by atoms with E-state index in [9.17, 15) is 0 Å². The van der Waals surface area contributed by atoms with Crippen molar-refractivity contribution < 1.29 is 4.74 Å². The first-order chi connectivity index (χ1) is 8.11. The van der Waals surface area contributed by atoms with Crippen molar-refractivity contribution in [3.63, 3.8) is 0 Å². The van der Waals surface area contributed by atoms with Crippen molar-refractivity contribution in [2.24, 2.45) is 0 Å². The lowest BCUT2D eigenvalue weighted by atomic mass is 9.93. The fourth-order valence-corrected chi connectivity index (χ4v) is 2.42. The molecule has 0 saturated heterocycles. The Kier molecular flexibility index (Phi) is 3.72. The predicted octanol–water partition coefficient (Wildman–Crippen LogP) is 3.52. The molecule has 17 heavy (non-hydrogen) atoms. The minimum Gasteiger partial charge on any atom is -0.490 e. The molecule has 0 radical (unpaired) electrons. The quantitative estimate of drug-likeness (QED) is 0.862. The molecule has 0 saturated carbocycles. The summed E-state index contributed by atoms with van der Waals surface area (Å²) in [4.78, 5) is 0. The number of ether oxygens (including phenoxy) is 1. The van der Waals surface area contributed by atoms with E-state index in [4.69, 9.17) is 4.74 Å². The summed E-state index contributed by atoms with van der Waals surface area (Å²) in [5.74, 6) is 1.07. The summed E-state index contributed by atoms with van der Waals surface area (Å²) in [6, 6.07) is 4.91. The average Bonchev–Trinajstić information content (AvgIpc) is 2.28. The van der Waals surface area contributed by atoms with E-state index in [0.717, 1.165) is 18.7 Å². The van der Waals surface area contributed by atoms with Crippen LogP contribution in [0, 0.1) is 13.8 Å². The van der Waals surface area contributed by atoms with Crippen LogP contribution in [-0.4, -0.2) is 12.6 Å². The monoisotopic (exact) mass is 233 g/mol. The maximum atomic E-state index is 5.94. The van der Waals surface area contributed by atoms with E-state index in [-0.39, 0.29) is 0 Å². The summed E-state index contributed by atoms with van der Waals surface area (Å²) >= 11 is 0. The van der Waals surface area contributed by atoms with Gasteiger partial charge >= 0.3 is 0 Å². The highest BCUT2D eigenvalue weighted by Gasteiger charge is 2.25. The third-order valence-corrected chi connectivity index (χ3v) is 3.54. The molecule has 2 rings (SSSR count). The molecule has 1 N–H and O–H groups in total. The zero-order valence-corrected chi connectivity index (χ0v) is 11.3. The highest BCUT2D eigenvalue weighted by Crippen LogP contribution is 2.36. The van der Waals surface area contributed by atoms with Gasteiger partial charge in [-0.3, -0.25) is 0 Å². The van der Waals surface area contributed by atoms with Crippen LogP contribution in [-0.2, 0) is 0 Å². The number of aryl methyl sites for hydroxylation is 2. The van der Waals surface area contributed by atoms with E-state index in [1.54, 1.807) is 0 Å². The van der Waals surface area contributed by atoms with Gasteiger partial charge in [-0.15, -0.1) is 0 Å². The summed E-state index contributed by atoms with van der Waals surface area (Å²) in [5.41, 5.74) is 4.00.